The van der Waals surface area contributed by atoms with Crippen LogP contribution in [0.4, 0.5) is 0 Å². The SMILES string of the molecule is CC(C)NC(CCSc1ncn[nH]1)C(=O)O. The molecule has 90 valence electrons. The van der Waals surface area contributed by atoms with E-state index in [-0.39, 0.29) is 6.04 Å². The first-order valence-electron chi connectivity index (χ1n) is 5.06. The molecule has 3 N–H and O–H groups in total. The van der Waals surface area contributed by atoms with E-state index in [2.05, 4.69) is 20.5 Å². The monoisotopic (exact) mass is 244 g/mol. The zero-order valence-electron chi connectivity index (χ0n) is 9.30. The van der Waals surface area contributed by atoms with Crippen LogP contribution in [0.25, 0.3) is 0 Å². The standard InChI is InChI=1S/C9H16N4O2S/c1-6(2)12-7(8(14)15)3-4-16-9-10-5-11-13-9/h5-7,12H,3-4H2,1-2H3,(H,14,15)(H,10,11,13). The van der Waals surface area contributed by atoms with Gasteiger partial charge in [0.1, 0.15) is 12.4 Å². The van der Waals surface area contributed by atoms with Crippen LogP contribution in [0, 0.1) is 0 Å². The van der Waals surface area contributed by atoms with Gasteiger partial charge in [-0.2, -0.15) is 5.10 Å². The van der Waals surface area contributed by atoms with Gasteiger partial charge >= 0.3 is 5.97 Å². The summed E-state index contributed by atoms with van der Waals surface area (Å²) in [4.78, 5) is 14.9. The van der Waals surface area contributed by atoms with Crippen LogP contribution in [-0.4, -0.2) is 44.1 Å². The number of hydrogen-bond donors (Lipinski definition) is 3. The fraction of sp³-hybridized carbons (Fsp3) is 0.667. The lowest BCUT2D eigenvalue weighted by molar-refractivity contribution is -0.139. The minimum absolute atomic E-state index is 0.163. The smallest absolute Gasteiger partial charge is 0.320 e. The van der Waals surface area contributed by atoms with E-state index >= 15 is 0 Å². The number of rotatable bonds is 7. The molecule has 0 aliphatic heterocycles. The number of carboxylic acid groups (broad SMARTS) is 1. The highest BCUT2D eigenvalue weighted by atomic mass is 32.2. The third-order valence-electron chi connectivity index (χ3n) is 1.87. The summed E-state index contributed by atoms with van der Waals surface area (Å²) in [6.45, 7) is 3.86. The van der Waals surface area contributed by atoms with Crippen LogP contribution >= 0.6 is 11.8 Å². The molecule has 1 unspecified atom stereocenters. The van der Waals surface area contributed by atoms with Crippen LogP contribution < -0.4 is 5.32 Å². The van der Waals surface area contributed by atoms with E-state index in [1.54, 1.807) is 0 Å². The Hall–Kier alpha value is -1.08. The van der Waals surface area contributed by atoms with Crippen LogP contribution in [-0.2, 0) is 4.79 Å². The van der Waals surface area contributed by atoms with Gasteiger partial charge in [-0.15, -0.1) is 0 Å². The molecular weight excluding hydrogens is 228 g/mol. The fourth-order valence-electron chi connectivity index (χ4n) is 1.22. The van der Waals surface area contributed by atoms with Gasteiger partial charge in [0.25, 0.3) is 0 Å². The van der Waals surface area contributed by atoms with Crippen molar-refractivity contribution in [3.63, 3.8) is 0 Å². The quantitative estimate of drug-likeness (QED) is 0.613. The van der Waals surface area contributed by atoms with Gasteiger partial charge in [0.2, 0.25) is 0 Å². The minimum atomic E-state index is -0.813. The third-order valence-corrected chi connectivity index (χ3v) is 2.78. The van der Waals surface area contributed by atoms with Crippen molar-refractivity contribution in [1.82, 2.24) is 20.5 Å². The van der Waals surface area contributed by atoms with Crippen molar-refractivity contribution in [2.75, 3.05) is 5.75 Å². The van der Waals surface area contributed by atoms with Gasteiger partial charge in [0, 0.05) is 11.8 Å². The van der Waals surface area contributed by atoms with E-state index in [1.165, 1.54) is 18.1 Å². The van der Waals surface area contributed by atoms with Crippen molar-refractivity contribution in [2.24, 2.45) is 0 Å². The number of nitrogens with one attached hydrogen (secondary N) is 2. The molecule has 0 aliphatic carbocycles. The molecule has 6 nitrogen and oxygen atoms in total. The molecule has 0 saturated heterocycles. The van der Waals surface area contributed by atoms with Gasteiger partial charge in [0.05, 0.1) is 0 Å². The van der Waals surface area contributed by atoms with Crippen LogP contribution in [0.3, 0.4) is 0 Å². The normalized spacial score (nSPS) is 12.9. The highest BCUT2D eigenvalue weighted by Crippen LogP contribution is 2.13. The number of carboxylic acids is 1. The molecule has 0 saturated carbocycles. The predicted molar refractivity (Wildman–Crippen MR) is 61.4 cm³/mol. The van der Waals surface area contributed by atoms with Crippen molar-refractivity contribution in [2.45, 2.75) is 37.5 Å². The molecule has 0 fully saturated rings. The average Bonchev–Trinajstić information content (AvgIpc) is 2.68. The largest absolute Gasteiger partial charge is 0.480 e. The zero-order chi connectivity index (χ0) is 12.0. The molecule has 0 bridgehead atoms. The molecule has 1 atom stereocenters. The summed E-state index contributed by atoms with van der Waals surface area (Å²) < 4.78 is 0. The zero-order valence-corrected chi connectivity index (χ0v) is 10.1. The van der Waals surface area contributed by atoms with Crippen molar-refractivity contribution >= 4 is 17.7 Å². The minimum Gasteiger partial charge on any atom is -0.480 e. The van der Waals surface area contributed by atoms with E-state index in [0.717, 1.165) is 0 Å². The molecule has 0 spiro atoms. The molecule has 7 heteroatoms. The van der Waals surface area contributed by atoms with Crippen molar-refractivity contribution in [1.29, 1.82) is 0 Å². The first kappa shape index (κ1) is 13.0. The summed E-state index contributed by atoms with van der Waals surface area (Å²) in [6.07, 6.45) is 1.99. The Labute approximate surface area is 98.2 Å². The van der Waals surface area contributed by atoms with Crippen LogP contribution in [0.5, 0.6) is 0 Å². The summed E-state index contributed by atoms with van der Waals surface area (Å²) in [5.74, 6) is -0.127. The van der Waals surface area contributed by atoms with Crippen LogP contribution in [0.15, 0.2) is 11.5 Å². The third kappa shape index (κ3) is 4.63. The second-order valence-electron chi connectivity index (χ2n) is 3.64. The van der Waals surface area contributed by atoms with Gasteiger partial charge in [0.15, 0.2) is 5.16 Å². The lowest BCUT2D eigenvalue weighted by atomic mass is 10.2. The van der Waals surface area contributed by atoms with Crippen LogP contribution in [0.2, 0.25) is 0 Å². The summed E-state index contributed by atoms with van der Waals surface area (Å²) in [6, 6.07) is -0.341. The molecule has 0 radical (unpaired) electrons. The molecule has 1 aromatic rings. The average molecular weight is 244 g/mol. The van der Waals surface area contributed by atoms with Gasteiger partial charge in [-0.3, -0.25) is 9.89 Å². The summed E-state index contributed by atoms with van der Waals surface area (Å²) in [7, 11) is 0. The molecule has 16 heavy (non-hydrogen) atoms. The van der Waals surface area contributed by atoms with Gasteiger partial charge < -0.3 is 10.4 Å². The molecule has 1 aromatic heterocycles. The Morgan fingerprint density at radius 2 is 2.44 bits per heavy atom. The number of hydrogen-bond acceptors (Lipinski definition) is 5. The van der Waals surface area contributed by atoms with Crippen molar-refractivity contribution in [3.05, 3.63) is 6.33 Å². The van der Waals surface area contributed by atoms with Crippen molar-refractivity contribution < 1.29 is 9.90 Å². The van der Waals surface area contributed by atoms with E-state index in [4.69, 9.17) is 5.11 Å². The maximum atomic E-state index is 10.9. The van der Waals surface area contributed by atoms with E-state index < -0.39 is 12.0 Å². The van der Waals surface area contributed by atoms with Crippen LogP contribution in [0.1, 0.15) is 20.3 Å². The maximum absolute atomic E-state index is 10.9. The molecule has 1 rings (SSSR count). The topological polar surface area (TPSA) is 90.9 Å². The Balaban J connectivity index is 2.30. The number of carbonyl (C=O) groups is 1. The Morgan fingerprint density at radius 1 is 1.69 bits per heavy atom. The number of thioether (sulfide) groups is 1. The lowest BCUT2D eigenvalue weighted by Crippen LogP contribution is -2.41. The van der Waals surface area contributed by atoms with Gasteiger partial charge in [-0.05, 0) is 6.42 Å². The Morgan fingerprint density at radius 3 is 2.94 bits per heavy atom. The second kappa shape index (κ2) is 6.49. The highest BCUT2D eigenvalue weighted by Gasteiger charge is 2.17. The fourth-order valence-corrected chi connectivity index (χ4v) is 2.00. The Bertz CT molecular complexity index is 315. The molecule has 0 aliphatic rings. The highest BCUT2D eigenvalue weighted by molar-refractivity contribution is 7.99. The summed E-state index contributed by atoms with van der Waals surface area (Å²) in [5, 5.41) is 19.1. The van der Waals surface area contributed by atoms with E-state index in [1.807, 2.05) is 13.8 Å². The second-order valence-corrected chi connectivity index (χ2v) is 4.72. The summed E-state index contributed by atoms with van der Waals surface area (Å²) >= 11 is 1.47. The molecule has 0 aromatic carbocycles. The molecule has 1 heterocycles. The lowest BCUT2D eigenvalue weighted by Gasteiger charge is -2.16. The van der Waals surface area contributed by atoms with E-state index in [0.29, 0.717) is 17.3 Å². The summed E-state index contributed by atoms with van der Waals surface area (Å²) in [5.41, 5.74) is 0. The molecular formula is C9H16N4O2S. The number of aromatic amines is 1. The maximum Gasteiger partial charge on any atom is 0.320 e. The number of aromatic nitrogens is 3. The predicted octanol–water partition coefficient (Wildman–Crippen LogP) is 0.738. The first-order valence-corrected chi connectivity index (χ1v) is 6.05. The molecule has 0 amide bonds. The Kier molecular flexibility index (Phi) is 5.27. The van der Waals surface area contributed by atoms with Gasteiger partial charge in [-0.1, -0.05) is 25.6 Å². The first-order chi connectivity index (χ1) is 7.59. The number of aliphatic carboxylic acids is 1. The number of nitrogens with zero attached hydrogens (tertiary/aromatic N) is 2. The van der Waals surface area contributed by atoms with Gasteiger partial charge in [-0.25, -0.2) is 4.98 Å². The van der Waals surface area contributed by atoms with E-state index in [9.17, 15) is 4.79 Å². The number of H-pyrrole nitrogens is 1. The van der Waals surface area contributed by atoms with Crippen molar-refractivity contribution in [3.8, 4) is 0 Å².